The molecule has 4 atom stereocenters. The number of rotatable bonds is 3. The lowest BCUT2D eigenvalue weighted by Gasteiger charge is -2.45. The molecule has 112 valence electrons. The van der Waals surface area contributed by atoms with Gasteiger partial charge in [0.15, 0.2) is 0 Å². The van der Waals surface area contributed by atoms with Gasteiger partial charge in [0.05, 0.1) is 0 Å². The molecule has 0 spiro atoms. The Morgan fingerprint density at radius 2 is 1.89 bits per heavy atom. The Bertz CT molecular complexity index is 300. The van der Waals surface area contributed by atoms with E-state index in [4.69, 9.17) is 0 Å². The fourth-order valence-corrected chi connectivity index (χ4v) is 4.20. The predicted octanol–water partition coefficient (Wildman–Crippen LogP) is 2.04. The minimum atomic E-state index is 0.511. The summed E-state index contributed by atoms with van der Waals surface area (Å²) in [4.78, 5) is 5.17. The molecule has 2 rings (SSSR count). The summed E-state index contributed by atoms with van der Waals surface area (Å²) < 4.78 is 0. The SMILES string of the molecule is CNC1CCC(C)(C)CC1N1CC(C)C(N(C)C)C1. The van der Waals surface area contributed by atoms with Crippen LogP contribution in [0.3, 0.4) is 0 Å². The maximum absolute atomic E-state index is 3.57. The van der Waals surface area contributed by atoms with Crippen molar-refractivity contribution in [2.45, 2.75) is 58.2 Å². The van der Waals surface area contributed by atoms with E-state index in [0.717, 1.165) is 18.0 Å². The highest BCUT2D eigenvalue weighted by Crippen LogP contribution is 2.39. The summed E-state index contributed by atoms with van der Waals surface area (Å²) in [6, 6.07) is 2.13. The highest BCUT2D eigenvalue weighted by atomic mass is 15.3. The Labute approximate surface area is 119 Å². The van der Waals surface area contributed by atoms with Crippen molar-refractivity contribution < 1.29 is 0 Å². The molecule has 3 nitrogen and oxygen atoms in total. The first-order chi connectivity index (χ1) is 8.84. The number of hydrogen-bond donors (Lipinski definition) is 1. The number of likely N-dealkylation sites (tertiary alicyclic amines) is 1. The minimum absolute atomic E-state index is 0.511. The van der Waals surface area contributed by atoms with Gasteiger partial charge in [0, 0.05) is 31.2 Å². The molecule has 4 unspecified atom stereocenters. The van der Waals surface area contributed by atoms with Gasteiger partial charge >= 0.3 is 0 Å². The molecular formula is C16H33N3. The third-order valence-corrected chi connectivity index (χ3v) is 5.46. The zero-order valence-electron chi connectivity index (χ0n) is 13.7. The first-order valence-electron chi connectivity index (χ1n) is 7.92. The lowest BCUT2D eigenvalue weighted by atomic mass is 9.72. The summed E-state index contributed by atoms with van der Waals surface area (Å²) in [6.07, 6.45) is 4.02. The minimum Gasteiger partial charge on any atom is -0.315 e. The van der Waals surface area contributed by atoms with Crippen molar-refractivity contribution in [2.24, 2.45) is 11.3 Å². The second-order valence-corrected chi connectivity index (χ2v) is 7.83. The Morgan fingerprint density at radius 3 is 2.42 bits per heavy atom. The molecule has 1 heterocycles. The quantitative estimate of drug-likeness (QED) is 0.844. The van der Waals surface area contributed by atoms with Crippen LogP contribution in [-0.4, -0.2) is 62.2 Å². The fraction of sp³-hybridized carbons (Fsp3) is 1.00. The molecule has 3 heteroatoms. The monoisotopic (exact) mass is 267 g/mol. The van der Waals surface area contributed by atoms with Crippen molar-refractivity contribution >= 4 is 0 Å². The van der Waals surface area contributed by atoms with E-state index in [1.54, 1.807) is 0 Å². The number of hydrogen-bond acceptors (Lipinski definition) is 3. The maximum Gasteiger partial charge on any atom is 0.0255 e. The van der Waals surface area contributed by atoms with Gasteiger partial charge in [-0.3, -0.25) is 4.90 Å². The van der Waals surface area contributed by atoms with Crippen LogP contribution in [0.5, 0.6) is 0 Å². The van der Waals surface area contributed by atoms with Gasteiger partial charge in [-0.2, -0.15) is 0 Å². The van der Waals surface area contributed by atoms with Gasteiger partial charge < -0.3 is 10.2 Å². The zero-order chi connectivity index (χ0) is 14.2. The number of nitrogens with zero attached hydrogens (tertiary/aromatic N) is 2. The van der Waals surface area contributed by atoms with Gasteiger partial charge in [-0.05, 0) is 51.7 Å². The van der Waals surface area contributed by atoms with Crippen molar-refractivity contribution in [1.82, 2.24) is 15.1 Å². The summed E-state index contributed by atoms with van der Waals surface area (Å²) in [5.41, 5.74) is 0.511. The normalized spacial score (nSPS) is 39.9. The van der Waals surface area contributed by atoms with E-state index in [2.05, 4.69) is 57.0 Å². The molecule has 0 bridgehead atoms. The van der Waals surface area contributed by atoms with Crippen LogP contribution in [-0.2, 0) is 0 Å². The van der Waals surface area contributed by atoms with Crippen molar-refractivity contribution in [3.05, 3.63) is 0 Å². The second-order valence-electron chi connectivity index (χ2n) is 7.83. The number of likely N-dealkylation sites (N-methyl/N-ethyl adjacent to an activating group) is 2. The zero-order valence-corrected chi connectivity index (χ0v) is 13.7. The van der Waals surface area contributed by atoms with Gasteiger partial charge in [-0.25, -0.2) is 0 Å². The van der Waals surface area contributed by atoms with Crippen LogP contribution in [0.1, 0.15) is 40.0 Å². The van der Waals surface area contributed by atoms with Crippen molar-refractivity contribution in [2.75, 3.05) is 34.2 Å². The van der Waals surface area contributed by atoms with Crippen LogP contribution in [0.25, 0.3) is 0 Å². The van der Waals surface area contributed by atoms with E-state index >= 15 is 0 Å². The summed E-state index contributed by atoms with van der Waals surface area (Å²) in [5.74, 6) is 0.789. The standard InChI is InChI=1S/C16H33N3/c1-12-10-19(11-15(12)18(5)6)14-9-16(2,3)8-7-13(14)17-4/h12-15,17H,7-11H2,1-6H3. The van der Waals surface area contributed by atoms with Crippen molar-refractivity contribution in [3.8, 4) is 0 Å². The van der Waals surface area contributed by atoms with Crippen LogP contribution in [0.15, 0.2) is 0 Å². The molecule has 2 fully saturated rings. The van der Waals surface area contributed by atoms with Crippen LogP contribution < -0.4 is 5.32 Å². The highest BCUT2D eigenvalue weighted by Gasteiger charge is 2.42. The molecule has 0 aromatic carbocycles. The third kappa shape index (κ3) is 3.32. The van der Waals surface area contributed by atoms with Crippen LogP contribution in [0.2, 0.25) is 0 Å². The van der Waals surface area contributed by atoms with Gasteiger partial charge in [0.1, 0.15) is 0 Å². The maximum atomic E-state index is 3.57. The molecule has 1 aliphatic carbocycles. The lowest BCUT2D eigenvalue weighted by Crippen LogP contribution is -2.53. The Hall–Kier alpha value is -0.120. The molecule has 1 saturated carbocycles. The first-order valence-corrected chi connectivity index (χ1v) is 7.92. The van der Waals surface area contributed by atoms with Gasteiger partial charge in [0.2, 0.25) is 0 Å². The largest absolute Gasteiger partial charge is 0.315 e. The van der Waals surface area contributed by atoms with Crippen LogP contribution in [0, 0.1) is 11.3 Å². The van der Waals surface area contributed by atoms with E-state index in [1.807, 2.05) is 0 Å². The molecule has 1 saturated heterocycles. The molecule has 19 heavy (non-hydrogen) atoms. The Balaban J connectivity index is 2.06. The molecule has 0 aromatic rings. The summed E-state index contributed by atoms with van der Waals surface area (Å²) >= 11 is 0. The van der Waals surface area contributed by atoms with Crippen molar-refractivity contribution in [3.63, 3.8) is 0 Å². The Morgan fingerprint density at radius 1 is 1.21 bits per heavy atom. The molecule has 0 amide bonds. The number of nitrogens with one attached hydrogen (secondary N) is 1. The van der Waals surface area contributed by atoms with E-state index in [1.165, 1.54) is 32.4 Å². The molecule has 1 aliphatic heterocycles. The van der Waals surface area contributed by atoms with Crippen LogP contribution in [0.4, 0.5) is 0 Å². The average molecular weight is 267 g/mol. The summed E-state index contributed by atoms with van der Waals surface area (Å²) in [6.45, 7) is 9.80. The molecule has 0 radical (unpaired) electrons. The smallest absolute Gasteiger partial charge is 0.0255 e. The first kappa shape index (κ1) is 15.3. The van der Waals surface area contributed by atoms with E-state index in [9.17, 15) is 0 Å². The van der Waals surface area contributed by atoms with Gasteiger partial charge in [0.25, 0.3) is 0 Å². The topological polar surface area (TPSA) is 18.5 Å². The Kier molecular flexibility index (Phi) is 4.59. The molecule has 2 aliphatic rings. The van der Waals surface area contributed by atoms with Crippen molar-refractivity contribution in [1.29, 1.82) is 0 Å². The molecule has 1 N–H and O–H groups in total. The second kappa shape index (κ2) is 5.71. The lowest BCUT2D eigenvalue weighted by molar-refractivity contribution is 0.0785. The third-order valence-electron chi connectivity index (χ3n) is 5.46. The fourth-order valence-electron chi connectivity index (χ4n) is 4.20. The summed E-state index contributed by atoms with van der Waals surface area (Å²) in [7, 11) is 6.59. The van der Waals surface area contributed by atoms with Crippen LogP contribution >= 0.6 is 0 Å². The van der Waals surface area contributed by atoms with E-state index in [0.29, 0.717) is 11.5 Å². The molecular weight excluding hydrogens is 234 g/mol. The predicted molar refractivity (Wildman–Crippen MR) is 82.5 cm³/mol. The average Bonchev–Trinajstić information content (AvgIpc) is 2.70. The molecule has 0 aromatic heterocycles. The highest BCUT2D eigenvalue weighted by molar-refractivity contribution is 4.98. The van der Waals surface area contributed by atoms with Gasteiger partial charge in [-0.15, -0.1) is 0 Å². The van der Waals surface area contributed by atoms with E-state index in [-0.39, 0.29) is 0 Å². The van der Waals surface area contributed by atoms with E-state index < -0.39 is 0 Å². The van der Waals surface area contributed by atoms with Gasteiger partial charge in [-0.1, -0.05) is 20.8 Å². The summed E-state index contributed by atoms with van der Waals surface area (Å²) in [5, 5.41) is 3.57.